The van der Waals surface area contributed by atoms with Crippen molar-refractivity contribution >= 4 is 23.2 Å². The molecular formula is C16H24ClN3O. The number of nitrogens with one attached hydrogen (secondary N) is 1. The first-order valence-electron chi connectivity index (χ1n) is 7.59. The molecule has 0 bridgehead atoms. The van der Waals surface area contributed by atoms with E-state index in [1.54, 1.807) is 6.07 Å². The van der Waals surface area contributed by atoms with Crippen molar-refractivity contribution in [2.45, 2.75) is 20.3 Å². The molecule has 1 fully saturated rings. The number of hydrogen-bond acceptors (Lipinski definition) is 3. The number of aryl methyl sites for hydroxylation is 1. The number of halogens is 1. The molecule has 1 aromatic carbocycles. The van der Waals surface area contributed by atoms with Gasteiger partial charge in [0.2, 0.25) is 5.91 Å². The van der Waals surface area contributed by atoms with Crippen LogP contribution in [0.4, 0.5) is 5.69 Å². The van der Waals surface area contributed by atoms with Crippen LogP contribution in [0.1, 0.15) is 18.9 Å². The van der Waals surface area contributed by atoms with Crippen molar-refractivity contribution in [3.8, 4) is 0 Å². The van der Waals surface area contributed by atoms with E-state index < -0.39 is 0 Å². The summed E-state index contributed by atoms with van der Waals surface area (Å²) in [6.45, 7) is 10.4. The summed E-state index contributed by atoms with van der Waals surface area (Å²) in [5.74, 6) is 0.0540. The Balaban J connectivity index is 1.76. The fourth-order valence-corrected chi connectivity index (χ4v) is 2.70. The van der Waals surface area contributed by atoms with E-state index in [4.69, 9.17) is 11.6 Å². The number of nitrogens with zero attached hydrogens (tertiary/aromatic N) is 2. The lowest BCUT2D eigenvalue weighted by molar-refractivity contribution is -0.116. The van der Waals surface area contributed by atoms with E-state index in [-0.39, 0.29) is 5.91 Å². The van der Waals surface area contributed by atoms with Gasteiger partial charge in [-0.25, -0.2) is 0 Å². The molecule has 0 radical (unpaired) electrons. The predicted octanol–water partition coefficient (Wildman–Crippen LogP) is 2.61. The minimum Gasteiger partial charge on any atom is -0.326 e. The third-order valence-corrected chi connectivity index (χ3v) is 4.28. The van der Waals surface area contributed by atoms with Gasteiger partial charge in [0, 0.05) is 49.9 Å². The van der Waals surface area contributed by atoms with Gasteiger partial charge in [0.05, 0.1) is 0 Å². The standard InChI is InChI=1S/C16H24ClN3O/c1-3-19-8-10-20(11-9-19)7-6-16(21)18-15-12-14(17)5-4-13(15)2/h4-5,12H,3,6-11H2,1-2H3,(H,18,21). The average Bonchev–Trinajstić information content (AvgIpc) is 2.49. The maximum atomic E-state index is 12.0. The highest BCUT2D eigenvalue weighted by Crippen LogP contribution is 2.20. The van der Waals surface area contributed by atoms with Crippen LogP contribution in [0.3, 0.4) is 0 Å². The van der Waals surface area contributed by atoms with Crippen LogP contribution in [-0.2, 0) is 4.79 Å². The van der Waals surface area contributed by atoms with Crippen LogP contribution in [0.15, 0.2) is 18.2 Å². The van der Waals surface area contributed by atoms with Crippen molar-refractivity contribution in [1.82, 2.24) is 9.80 Å². The summed E-state index contributed by atoms with van der Waals surface area (Å²) in [7, 11) is 0. The van der Waals surface area contributed by atoms with Gasteiger partial charge in [-0.1, -0.05) is 24.6 Å². The number of rotatable bonds is 5. The molecule has 0 aliphatic carbocycles. The molecule has 1 aliphatic rings. The van der Waals surface area contributed by atoms with Crippen LogP contribution in [0, 0.1) is 6.92 Å². The smallest absolute Gasteiger partial charge is 0.225 e. The zero-order chi connectivity index (χ0) is 15.2. The molecule has 0 saturated carbocycles. The summed E-state index contributed by atoms with van der Waals surface area (Å²) in [5, 5.41) is 3.60. The highest BCUT2D eigenvalue weighted by atomic mass is 35.5. The minimum absolute atomic E-state index is 0.0540. The van der Waals surface area contributed by atoms with Gasteiger partial charge in [-0.2, -0.15) is 0 Å². The highest BCUT2D eigenvalue weighted by Gasteiger charge is 2.16. The Labute approximate surface area is 132 Å². The number of piperazine rings is 1. The first-order chi connectivity index (χ1) is 10.1. The zero-order valence-electron chi connectivity index (χ0n) is 12.9. The molecule has 1 amide bonds. The molecule has 1 aromatic rings. The second-order valence-corrected chi connectivity index (χ2v) is 5.97. The van der Waals surface area contributed by atoms with E-state index in [1.807, 2.05) is 19.1 Å². The molecule has 2 rings (SSSR count). The molecule has 0 aromatic heterocycles. The largest absolute Gasteiger partial charge is 0.326 e. The Bertz CT molecular complexity index is 484. The summed E-state index contributed by atoms with van der Waals surface area (Å²) in [6.07, 6.45) is 0.526. The molecule has 0 atom stereocenters. The Morgan fingerprint density at radius 3 is 2.57 bits per heavy atom. The molecule has 1 heterocycles. The molecule has 1 N–H and O–H groups in total. The number of amides is 1. The van der Waals surface area contributed by atoms with Crippen LogP contribution < -0.4 is 5.32 Å². The highest BCUT2D eigenvalue weighted by molar-refractivity contribution is 6.31. The first kappa shape index (κ1) is 16.3. The molecule has 0 spiro atoms. The summed E-state index contributed by atoms with van der Waals surface area (Å²) in [5.41, 5.74) is 1.84. The molecule has 1 saturated heterocycles. The third-order valence-electron chi connectivity index (χ3n) is 4.04. The van der Waals surface area contributed by atoms with Crippen LogP contribution in [-0.4, -0.2) is 55.0 Å². The fourth-order valence-electron chi connectivity index (χ4n) is 2.53. The topological polar surface area (TPSA) is 35.6 Å². The van der Waals surface area contributed by atoms with Gasteiger partial charge in [0.1, 0.15) is 0 Å². The summed E-state index contributed by atoms with van der Waals surface area (Å²) in [6, 6.07) is 5.55. The van der Waals surface area contributed by atoms with Gasteiger partial charge in [-0.3, -0.25) is 4.79 Å². The SMILES string of the molecule is CCN1CCN(CCC(=O)Nc2cc(Cl)ccc2C)CC1. The summed E-state index contributed by atoms with van der Waals surface area (Å²) < 4.78 is 0. The lowest BCUT2D eigenvalue weighted by Crippen LogP contribution is -2.46. The molecule has 21 heavy (non-hydrogen) atoms. The van der Waals surface area contributed by atoms with Crippen molar-refractivity contribution in [3.63, 3.8) is 0 Å². The number of carbonyl (C=O) groups is 1. The number of anilines is 1. The van der Waals surface area contributed by atoms with Crippen molar-refractivity contribution < 1.29 is 4.79 Å². The van der Waals surface area contributed by atoms with Crippen molar-refractivity contribution in [2.24, 2.45) is 0 Å². The van der Waals surface area contributed by atoms with E-state index in [0.29, 0.717) is 11.4 Å². The van der Waals surface area contributed by atoms with Crippen molar-refractivity contribution in [3.05, 3.63) is 28.8 Å². The van der Waals surface area contributed by atoms with Gasteiger partial charge in [-0.05, 0) is 31.2 Å². The Hall–Kier alpha value is -1.10. The van der Waals surface area contributed by atoms with Gasteiger partial charge in [-0.15, -0.1) is 0 Å². The lowest BCUT2D eigenvalue weighted by Gasteiger charge is -2.33. The molecule has 4 nitrogen and oxygen atoms in total. The third kappa shape index (κ3) is 4.99. The number of likely N-dealkylation sites (N-methyl/N-ethyl adjacent to an activating group) is 1. The normalized spacial score (nSPS) is 16.9. The minimum atomic E-state index is 0.0540. The lowest BCUT2D eigenvalue weighted by atomic mass is 10.2. The molecule has 116 valence electrons. The van der Waals surface area contributed by atoms with E-state index in [2.05, 4.69) is 22.0 Å². The number of hydrogen-bond donors (Lipinski definition) is 1. The van der Waals surface area contributed by atoms with Gasteiger partial charge >= 0.3 is 0 Å². The molecule has 0 unspecified atom stereocenters. The number of benzene rings is 1. The Kier molecular flexibility index (Phi) is 6.03. The predicted molar refractivity (Wildman–Crippen MR) is 88.0 cm³/mol. The van der Waals surface area contributed by atoms with Crippen LogP contribution in [0.2, 0.25) is 5.02 Å². The summed E-state index contributed by atoms with van der Waals surface area (Å²) >= 11 is 5.96. The van der Waals surface area contributed by atoms with Gasteiger partial charge in [0.25, 0.3) is 0 Å². The van der Waals surface area contributed by atoms with Crippen LogP contribution in [0.25, 0.3) is 0 Å². The number of carbonyl (C=O) groups excluding carboxylic acids is 1. The van der Waals surface area contributed by atoms with Crippen molar-refractivity contribution in [1.29, 1.82) is 0 Å². The quantitative estimate of drug-likeness (QED) is 0.908. The molecule has 1 aliphatic heterocycles. The molecular weight excluding hydrogens is 286 g/mol. The first-order valence-corrected chi connectivity index (χ1v) is 7.97. The Morgan fingerprint density at radius 2 is 1.90 bits per heavy atom. The second kappa shape index (κ2) is 7.78. The molecule has 5 heteroatoms. The van der Waals surface area contributed by atoms with Crippen LogP contribution in [0.5, 0.6) is 0 Å². The second-order valence-electron chi connectivity index (χ2n) is 5.53. The van der Waals surface area contributed by atoms with E-state index >= 15 is 0 Å². The fraction of sp³-hybridized carbons (Fsp3) is 0.562. The van der Waals surface area contributed by atoms with Gasteiger partial charge in [0.15, 0.2) is 0 Å². The Morgan fingerprint density at radius 1 is 1.24 bits per heavy atom. The average molecular weight is 310 g/mol. The van der Waals surface area contributed by atoms with Gasteiger partial charge < -0.3 is 15.1 Å². The monoisotopic (exact) mass is 309 g/mol. The van der Waals surface area contributed by atoms with E-state index in [1.165, 1.54) is 0 Å². The maximum Gasteiger partial charge on any atom is 0.225 e. The maximum absolute atomic E-state index is 12.0. The van der Waals surface area contributed by atoms with E-state index in [9.17, 15) is 4.79 Å². The van der Waals surface area contributed by atoms with E-state index in [0.717, 1.165) is 50.5 Å². The van der Waals surface area contributed by atoms with Crippen LogP contribution >= 0.6 is 11.6 Å². The zero-order valence-corrected chi connectivity index (χ0v) is 13.6. The van der Waals surface area contributed by atoms with Crippen molar-refractivity contribution in [2.75, 3.05) is 44.6 Å². The summed E-state index contributed by atoms with van der Waals surface area (Å²) in [4.78, 5) is 16.8.